The van der Waals surface area contributed by atoms with Gasteiger partial charge in [-0.2, -0.15) is 13.2 Å². The smallest absolute Gasteiger partial charge is 0.422 e. The first-order valence-electron chi connectivity index (χ1n) is 4.80. The molecule has 6 heteroatoms. The van der Waals surface area contributed by atoms with Crippen molar-refractivity contribution in [1.82, 2.24) is 4.98 Å². The average molecular weight is 242 g/mol. The van der Waals surface area contributed by atoms with Gasteiger partial charge in [0.05, 0.1) is 0 Å². The first-order chi connectivity index (χ1) is 7.96. The highest BCUT2D eigenvalue weighted by Crippen LogP contribution is 2.26. The molecular weight excluding hydrogens is 233 g/mol. The van der Waals surface area contributed by atoms with Gasteiger partial charge in [-0.1, -0.05) is 12.1 Å². The fraction of sp³-hybridized carbons (Fsp3) is 0.182. The van der Waals surface area contributed by atoms with Crippen LogP contribution in [0.4, 0.5) is 19.0 Å². The number of nitrogen functional groups attached to an aromatic ring is 1. The highest BCUT2D eigenvalue weighted by Gasteiger charge is 2.28. The molecule has 0 radical (unpaired) electrons. The van der Waals surface area contributed by atoms with E-state index in [2.05, 4.69) is 4.98 Å². The Bertz CT molecular complexity index is 540. The standard InChI is InChI=1S/C11H9F3N2O/c12-11(13,14)6-17-8-3-1-2-7-4-5-9(15)16-10(7)8/h1-5H,6H2,(H2,15,16). The molecule has 3 nitrogen and oxygen atoms in total. The Morgan fingerprint density at radius 1 is 1.18 bits per heavy atom. The summed E-state index contributed by atoms with van der Waals surface area (Å²) in [7, 11) is 0. The topological polar surface area (TPSA) is 48.1 Å². The molecule has 0 amide bonds. The number of halogens is 3. The van der Waals surface area contributed by atoms with Crippen LogP contribution >= 0.6 is 0 Å². The van der Waals surface area contributed by atoms with E-state index in [-0.39, 0.29) is 11.6 Å². The van der Waals surface area contributed by atoms with Crippen LogP contribution < -0.4 is 10.5 Å². The van der Waals surface area contributed by atoms with Gasteiger partial charge < -0.3 is 10.5 Å². The molecule has 2 N–H and O–H groups in total. The van der Waals surface area contributed by atoms with Gasteiger partial charge in [0.2, 0.25) is 0 Å². The summed E-state index contributed by atoms with van der Waals surface area (Å²) in [6.07, 6.45) is -4.37. The highest BCUT2D eigenvalue weighted by molar-refractivity contribution is 5.85. The van der Waals surface area contributed by atoms with Gasteiger partial charge in [0, 0.05) is 5.39 Å². The van der Waals surface area contributed by atoms with Crippen LogP contribution in [-0.2, 0) is 0 Å². The zero-order valence-electron chi connectivity index (χ0n) is 8.66. The summed E-state index contributed by atoms with van der Waals surface area (Å²) in [5, 5.41) is 0.680. The minimum absolute atomic E-state index is 0.0760. The molecule has 0 fully saturated rings. The molecule has 0 atom stereocenters. The van der Waals surface area contributed by atoms with Gasteiger partial charge in [-0.05, 0) is 18.2 Å². The van der Waals surface area contributed by atoms with E-state index < -0.39 is 12.8 Å². The average Bonchev–Trinajstić information content (AvgIpc) is 2.25. The van der Waals surface area contributed by atoms with Crippen molar-refractivity contribution in [3.63, 3.8) is 0 Å². The van der Waals surface area contributed by atoms with Crippen LogP contribution in [-0.4, -0.2) is 17.8 Å². The highest BCUT2D eigenvalue weighted by atomic mass is 19.4. The number of anilines is 1. The second-order valence-corrected chi connectivity index (χ2v) is 3.47. The Morgan fingerprint density at radius 3 is 2.65 bits per heavy atom. The lowest BCUT2D eigenvalue weighted by molar-refractivity contribution is -0.153. The third-order valence-corrected chi connectivity index (χ3v) is 2.10. The van der Waals surface area contributed by atoms with Crippen LogP contribution in [0.5, 0.6) is 5.75 Å². The van der Waals surface area contributed by atoms with Crippen molar-refractivity contribution >= 4 is 16.7 Å². The number of hydrogen-bond acceptors (Lipinski definition) is 3. The third-order valence-electron chi connectivity index (χ3n) is 2.10. The second-order valence-electron chi connectivity index (χ2n) is 3.47. The fourth-order valence-electron chi connectivity index (χ4n) is 1.41. The molecule has 0 aliphatic carbocycles. The molecule has 0 saturated heterocycles. The Balaban J connectivity index is 2.36. The van der Waals surface area contributed by atoms with E-state index in [4.69, 9.17) is 10.5 Å². The Morgan fingerprint density at radius 2 is 1.94 bits per heavy atom. The largest absolute Gasteiger partial charge is 0.482 e. The number of fused-ring (bicyclic) bond motifs is 1. The molecule has 2 aromatic rings. The van der Waals surface area contributed by atoms with Crippen molar-refractivity contribution in [2.24, 2.45) is 0 Å². The zero-order chi connectivity index (χ0) is 12.5. The summed E-state index contributed by atoms with van der Waals surface area (Å²) in [4.78, 5) is 3.96. The van der Waals surface area contributed by atoms with E-state index in [9.17, 15) is 13.2 Å². The summed E-state index contributed by atoms with van der Waals surface area (Å²) < 4.78 is 40.8. The van der Waals surface area contributed by atoms with Crippen molar-refractivity contribution in [2.75, 3.05) is 12.3 Å². The molecule has 17 heavy (non-hydrogen) atoms. The number of benzene rings is 1. The zero-order valence-corrected chi connectivity index (χ0v) is 8.66. The molecule has 0 bridgehead atoms. The minimum Gasteiger partial charge on any atom is -0.482 e. The summed E-state index contributed by atoms with van der Waals surface area (Å²) in [6, 6.07) is 8.02. The number of pyridine rings is 1. The van der Waals surface area contributed by atoms with Crippen molar-refractivity contribution in [2.45, 2.75) is 6.18 Å². The van der Waals surface area contributed by atoms with Crippen molar-refractivity contribution in [1.29, 1.82) is 0 Å². The van der Waals surface area contributed by atoms with E-state index in [0.29, 0.717) is 10.9 Å². The molecule has 2 rings (SSSR count). The van der Waals surface area contributed by atoms with Gasteiger partial charge in [0.25, 0.3) is 0 Å². The van der Waals surface area contributed by atoms with Crippen molar-refractivity contribution in [3.05, 3.63) is 30.3 Å². The van der Waals surface area contributed by atoms with Gasteiger partial charge in [0.1, 0.15) is 17.1 Å². The molecule has 1 aromatic heterocycles. The first kappa shape index (κ1) is 11.5. The van der Waals surface area contributed by atoms with Crippen LogP contribution in [0, 0.1) is 0 Å². The van der Waals surface area contributed by atoms with E-state index in [1.165, 1.54) is 6.07 Å². The molecular formula is C11H9F3N2O. The maximum atomic E-state index is 12.1. The summed E-state index contributed by atoms with van der Waals surface area (Å²) in [5.41, 5.74) is 5.82. The predicted molar refractivity (Wildman–Crippen MR) is 57.7 cm³/mol. The number of hydrogen-bond donors (Lipinski definition) is 1. The Labute approximate surface area is 95.0 Å². The summed E-state index contributed by atoms with van der Waals surface area (Å²) >= 11 is 0. The van der Waals surface area contributed by atoms with E-state index in [0.717, 1.165) is 0 Å². The predicted octanol–water partition coefficient (Wildman–Crippen LogP) is 2.76. The quantitative estimate of drug-likeness (QED) is 0.880. The minimum atomic E-state index is -4.37. The monoisotopic (exact) mass is 242 g/mol. The first-order valence-corrected chi connectivity index (χ1v) is 4.80. The molecule has 1 heterocycles. The van der Waals surface area contributed by atoms with Gasteiger partial charge in [-0.3, -0.25) is 0 Å². The third kappa shape index (κ3) is 2.77. The lowest BCUT2D eigenvalue weighted by atomic mass is 10.2. The van der Waals surface area contributed by atoms with E-state index >= 15 is 0 Å². The van der Waals surface area contributed by atoms with Crippen molar-refractivity contribution in [3.8, 4) is 5.75 Å². The summed E-state index contributed by atoms with van der Waals surface area (Å²) in [6.45, 7) is -1.34. The number of nitrogens with zero attached hydrogens (tertiary/aromatic N) is 1. The van der Waals surface area contributed by atoms with Crippen LogP contribution in [0.25, 0.3) is 10.9 Å². The number of ether oxygens (including phenoxy) is 1. The number of nitrogens with two attached hydrogens (primary N) is 1. The van der Waals surface area contributed by atoms with Gasteiger partial charge >= 0.3 is 6.18 Å². The van der Waals surface area contributed by atoms with Crippen LogP contribution in [0.2, 0.25) is 0 Å². The normalized spacial score (nSPS) is 11.7. The van der Waals surface area contributed by atoms with Crippen LogP contribution in [0.3, 0.4) is 0 Å². The number of alkyl halides is 3. The maximum Gasteiger partial charge on any atom is 0.422 e. The lowest BCUT2D eigenvalue weighted by Crippen LogP contribution is -2.19. The molecule has 0 spiro atoms. The second kappa shape index (κ2) is 4.12. The van der Waals surface area contributed by atoms with Crippen LogP contribution in [0.1, 0.15) is 0 Å². The fourth-order valence-corrected chi connectivity index (χ4v) is 1.41. The van der Waals surface area contributed by atoms with E-state index in [1.54, 1.807) is 24.3 Å². The molecule has 0 unspecified atom stereocenters. The number of aromatic nitrogens is 1. The molecule has 1 aromatic carbocycles. The molecule has 90 valence electrons. The molecule has 0 aliphatic rings. The van der Waals surface area contributed by atoms with E-state index in [1.807, 2.05) is 0 Å². The number of rotatable bonds is 2. The Kier molecular flexibility index (Phi) is 2.79. The molecule has 0 saturated carbocycles. The van der Waals surface area contributed by atoms with Crippen molar-refractivity contribution < 1.29 is 17.9 Å². The number of para-hydroxylation sites is 1. The lowest BCUT2D eigenvalue weighted by Gasteiger charge is -2.10. The van der Waals surface area contributed by atoms with Gasteiger partial charge in [0.15, 0.2) is 6.61 Å². The molecule has 0 aliphatic heterocycles. The van der Waals surface area contributed by atoms with Gasteiger partial charge in [-0.15, -0.1) is 0 Å². The van der Waals surface area contributed by atoms with Gasteiger partial charge in [-0.25, -0.2) is 4.98 Å². The summed E-state index contributed by atoms with van der Waals surface area (Å²) in [5.74, 6) is 0.313. The Hall–Kier alpha value is -1.98. The SMILES string of the molecule is Nc1ccc2cccc(OCC(F)(F)F)c2n1. The maximum absolute atomic E-state index is 12.1. The van der Waals surface area contributed by atoms with Crippen LogP contribution in [0.15, 0.2) is 30.3 Å².